The summed E-state index contributed by atoms with van der Waals surface area (Å²) in [4.78, 5) is 37.2. The fourth-order valence-corrected chi connectivity index (χ4v) is 3.97. The Morgan fingerprint density at radius 2 is 1.58 bits per heavy atom. The molecule has 0 amide bonds. The predicted octanol–water partition coefficient (Wildman–Crippen LogP) is 2.43. The van der Waals surface area contributed by atoms with Crippen molar-refractivity contribution < 1.29 is 4.79 Å². The number of nitrogen functional groups attached to an aromatic ring is 1. The largest absolute Gasteiger partial charge is 0.369 e. The van der Waals surface area contributed by atoms with Crippen molar-refractivity contribution in [1.82, 2.24) is 9.97 Å². The topological polar surface area (TPSA) is 101 Å². The predicted molar refractivity (Wildman–Crippen MR) is 98.0 cm³/mol. The van der Waals surface area contributed by atoms with Gasteiger partial charge in [-0.3, -0.25) is 14.6 Å². The Bertz CT molecular complexity index is 1150. The molecule has 1 aliphatic heterocycles. The first-order valence-corrected chi connectivity index (χ1v) is 8.32. The summed E-state index contributed by atoms with van der Waals surface area (Å²) in [7, 11) is 0. The number of anilines is 1. The molecule has 2 aliphatic rings. The molecular weight excluding hydrogens is 328 g/mol. The number of nitrogens with zero attached hydrogens (tertiary/aromatic N) is 2. The molecule has 126 valence electrons. The Kier molecular flexibility index (Phi) is 2.97. The summed E-state index contributed by atoms with van der Waals surface area (Å²) in [5.74, 6) is -0.698. The zero-order chi connectivity index (χ0) is 17.8. The summed E-state index contributed by atoms with van der Waals surface area (Å²) in [6.07, 6.45) is 0. The molecule has 0 bridgehead atoms. The summed E-state index contributed by atoms with van der Waals surface area (Å²) in [5.41, 5.74) is 8.73. The zero-order valence-corrected chi connectivity index (χ0v) is 13.6. The molecule has 6 nitrogen and oxygen atoms in total. The Hall–Kier alpha value is -3.54. The molecule has 0 saturated heterocycles. The molecule has 5 rings (SSSR count). The molecule has 0 saturated carbocycles. The normalized spacial score (nSPS) is 20.2. The van der Waals surface area contributed by atoms with Crippen molar-refractivity contribution in [2.75, 3.05) is 5.73 Å². The number of aromatic amines is 1. The van der Waals surface area contributed by atoms with E-state index < -0.39 is 11.8 Å². The average Bonchev–Trinajstić information content (AvgIpc) is 2.93. The summed E-state index contributed by atoms with van der Waals surface area (Å²) >= 11 is 0. The van der Waals surface area contributed by atoms with Crippen LogP contribution in [0.4, 0.5) is 11.8 Å². The van der Waals surface area contributed by atoms with E-state index in [1.807, 2.05) is 48.5 Å². The number of nitrogens with two attached hydrogens (primary N) is 1. The van der Waals surface area contributed by atoms with Crippen LogP contribution in [-0.4, -0.2) is 21.5 Å². The third kappa shape index (κ3) is 1.92. The zero-order valence-electron chi connectivity index (χ0n) is 13.6. The van der Waals surface area contributed by atoms with Gasteiger partial charge >= 0.3 is 0 Å². The number of carbonyl (C=O) groups excluding carboxylic acids is 1. The number of hydrogen-bond acceptors (Lipinski definition) is 5. The lowest BCUT2D eigenvalue weighted by Gasteiger charge is -2.28. The third-order valence-corrected chi connectivity index (χ3v) is 5.03. The number of aliphatic imine (C=N–C) groups is 1. The average molecular weight is 342 g/mol. The lowest BCUT2D eigenvalue weighted by molar-refractivity contribution is 0.0953. The molecule has 26 heavy (non-hydrogen) atoms. The molecule has 2 aromatic carbocycles. The molecule has 3 aromatic rings. The van der Waals surface area contributed by atoms with Gasteiger partial charge in [0.05, 0.1) is 17.2 Å². The van der Waals surface area contributed by atoms with Gasteiger partial charge in [-0.05, 0) is 5.56 Å². The number of rotatable bonds is 1. The van der Waals surface area contributed by atoms with Crippen LogP contribution in [0.3, 0.4) is 0 Å². The second-order valence-electron chi connectivity index (χ2n) is 6.46. The minimum absolute atomic E-state index is 0.0148. The highest BCUT2D eigenvalue weighted by molar-refractivity contribution is 6.30. The summed E-state index contributed by atoms with van der Waals surface area (Å²) in [6.45, 7) is 0. The highest BCUT2D eigenvalue weighted by Gasteiger charge is 2.47. The molecule has 1 aromatic heterocycles. The van der Waals surface area contributed by atoms with Crippen molar-refractivity contribution in [3.05, 3.63) is 87.2 Å². The number of carbonyl (C=O) groups is 1. The van der Waals surface area contributed by atoms with Crippen molar-refractivity contribution in [3.8, 4) is 0 Å². The number of Topliss-reactive ketones (excluding diaryl/α,β-unsaturated/α-hetero) is 1. The molecule has 2 atom stereocenters. The van der Waals surface area contributed by atoms with E-state index in [-0.39, 0.29) is 23.1 Å². The van der Waals surface area contributed by atoms with Crippen molar-refractivity contribution in [2.45, 2.75) is 5.92 Å². The maximum atomic E-state index is 13.2. The van der Waals surface area contributed by atoms with Gasteiger partial charge in [-0.15, -0.1) is 0 Å². The van der Waals surface area contributed by atoms with Gasteiger partial charge in [0.25, 0.3) is 5.56 Å². The van der Waals surface area contributed by atoms with Crippen LogP contribution in [0.25, 0.3) is 0 Å². The van der Waals surface area contributed by atoms with E-state index in [2.05, 4.69) is 15.0 Å². The van der Waals surface area contributed by atoms with Crippen LogP contribution in [0, 0.1) is 5.92 Å². The van der Waals surface area contributed by atoms with Crippen molar-refractivity contribution in [1.29, 1.82) is 0 Å². The molecule has 3 N–H and O–H groups in total. The minimum Gasteiger partial charge on any atom is -0.369 e. The van der Waals surface area contributed by atoms with Crippen LogP contribution < -0.4 is 11.3 Å². The second-order valence-corrected chi connectivity index (χ2v) is 6.46. The van der Waals surface area contributed by atoms with Gasteiger partial charge in [0.1, 0.15) is 0 Å². The van der Waals surface area contributed by atoms with E-state index in [0.717, 1.165) is 11.1 Å². The summed E-state index contributed by atoms with van der Waals surface area (Å²) in [5, 5.41) is 0. The highest BCUT2D eigenvalue weighted by atomic mass is 16.1. The summed E-state index contributed by atoms with van der Waals surface area (Å²) < 4.78 is 0. The quantitative estimate of drug-likeness (QED) is 0.709. The van der Waals surface area contributed by atoms with Crippen molar-refractivity contribution in [2.24, 2.45) is 10.9 Å². The Balaban J connectivity index is 1.85. The highest BCUT2D eigenvalue weighted by Crippen LogP contribution is 2.46. The smallest absolute Gasteiger partial charge is 0.258 e. The van der Waals surface area contributed by atoms with Gasteiger partial charge in [-0.25, -0.2) is 4.99 Å². The number of nitrogens with one attached hydrogen (secondary N) is 1. The van der Waals surface area contributed by atoms with Gasteiger partial charge in [0.2, 0.25) is 5.95 Å². The van der Waals surface area contributed by atoms with Crippen LogP contribution >= 0.6 is 0 Å². The molecule has 0 radical (unpaired) electrons. The van der Waals surface area contributed by atoms with Crippen LogP contribution in [0.1, 0.15) is 33.0 Å². The lowest BCUT2D eigenvalue weighted by atomic mass is 9.76. The van der Waals surface area contributed by atoms with E-state index in [9.17, 15) is 9.59 Å². The Morgan fingerprint density at radius 1 is 0.885 bits per heavy atom. The first kappa shape index (κ1) is 14.8. The standard InChI is InChI=1S/C20H14N4O2/c21-20-23-18-15(19(26)24-20)13(10-6-2-1-3-7-10)14-16(22-18)11-8-4-5-9-12(11)17(14)25/h1-9,13-14H,(H3,21,23,24,26). The van der Waals surface area contributed by atoms with E-state index >= 15 is 0 Å². The monoisotopic (exact) mass is 342 g/mol. The fourth-order valence-electron chi connectivity index (χ4n) is 3.97. The van der Waals surface area contributed by atoms with Gasteiger partial charge in [0.15, 0.2) is 11.6 Å². The fraction of sp³-hybridized carbons (Fsp3) is 0.100. The van der Waals surface area contributed by atoms with Crippen LogP contribution in [0.2, 0.25) is 0 Å². The molecule has 2 heterocycles. The van der Waals surface area contributed by atoms with Gasteiger partial charge in [-0.1, -0.05) is 54.6 Å². The van der Waals surface area contributed by atoms with Crippen molar-refractivity contribution in [3.63, 3.8) is 0 Å². The van der Waals surface area contributed by atoms with Gasteiger partial charge in [-0.2, -0.15) is 4.98 Å². The lowest BCUT2D eigenvalue weighted by Crippen LogP contribution is -2.33. The van der Waals surface area contributed by atoms with E-state index in [4.69, 9.17) is 5.73 Å². The third-order valence-electron chi connectivity index (χ3n) is 5.03. The number of aromatic nitrogens is 2. The first-order chi connectivity index (χ1) is 12.6. The van der Waals surface area contributed by atoms with Crippen molar-refractivity contribution >= 4 is 23.3 Å². The number of fused-ring (bicyclic) bond motifs is 4. The Labute approximate surface area is 148 Å². The Morgan fingerprint density at radius 3 is 2.35 bits per heavy atom. The van der Waals surface area contributed by atoms with Crippen LogP contribution in [0.5, 0.6) is 0 Å². The second kappa shape index (κ2) is 5.23. The van der Waals surface area contributed by atoms with Crippen LogP contribution in [0.15, 0.2) is 64.4 Å². The van der Waals surface area contributed by atoms with Crippen LogP contribution in [-0.2, 0) is 0 Å². The molecular formula is C20H14N4O2. The van der Waals surface area contributed by atoms with Gasteiger partial charge < -0.3 is 5.73 Å². The molecule has 1 aliphatic carbocycles. The van der Waals surface area contributed by atoms with E-state index in [0.29, 0.717) is 16.8 Å². The number of H-pyrrole nitrogens is 1. The van der Waals surface area contributed by atoms with E-state index in [1.165, 1.54) is 0 Å². The minimum atomic E-state index is -0.533. The molecule has 0 fully saturated rings. The summed E-state index contributed by atoms with van der Waals surface area (Å²) in [6, 6.07) is 16.9. The maximum Gasteiger partial charge on any atom is 0.258 e. The molecule has 0 spiro atoms. The number of ketones is 1. The van der Waals surface area contributed by atoms with E-state index in [1.54, 1.807) is 6.07 Å². The molecule has 2 unspecified atom stereocenters. The first-order valence-electron chi connectivity index (χ1n) is 8.32. The van der Waals surface area contributed by atoms with Gasteiger partial charge in [0, 0.05) is 17.0 Å². The maximum absolute atomic E-state index is 13.2. The SMILES string of the molecule is Nc1nc2c(c(=O)[nH]1)C(c1ccccc1)C1C(=O)c3ccccc3C1=N2. The number of benzene rings is 2. The molecule has 6 heteroatoms. The number of hydrogen-bond donors (Lipinski definition) is 2.